The van der Waals surface area contributed by atoms with Crippen LogP contribution >= 0.6 is 0 Å². The van der Waals surface area contributed by atoms with Crippen LogP contribution in [0.4, 0.5) is 9.18 Å². The number of carbonyl (C=O) groups excluding carboxylic acids is 2. The predicted molar refractivity (Wildman–Crippen MR) is 158 cm³/mol. The lowest BCUT2D eigenvalue weighted by atomic mass is 9.88. The second-order valence-corrected chi connectivity index (χ2v) is 12.3. The minimum absolute atomic E-state index is 0.0165. The first kappa shape index (κ1) is 31.4. The Kier molecular flexibility index (Phi) is 10.2. The van der Waals surface area contributed by atoms with E-state index in [1.807, 2.05) is 18.2 Å². The Morgan fingerprint density at radius 2 is 1.71 bits per heavy atom. The number of nitriles is 1. The lowest BCUT2D eigenvalue weighted by Gasteiger charge is -2.37. The van der Waals surface area contributed by atoms with Crippen LogP contribution in [0.5, 0.6) is 0 Å². The summed E-state index contributed by atoms with van der Waals surface area (Å²) in [4.78, 5) is 30.7. The minimum Gasteiger partial charge on any atom is -0.444 e. The molecule has 42 heavy (non-hydrogen) atoms. The highest BCUT2D eigenvalue weighted by Crippen LogP contribution is 2.25. The molecule has 0 aliphatic carbocycles. The molecule has 1 atom stereocenters. The van der Waals surface area contributed by atoms with E-state index in [9.17, 15) is 14.9 Å². The molecule has 1 unspecified atom stereocenters. The fourth-order valence-electron chi connectivity index (χ4n) is 5.23. The zero-order chi connectivity index (χ0) is 30.3. The zero-order valence-corrected chi connectivity index (χ0v) is 25.0. The Hall–Kier alpha value is -3.52. The summed E-state index contributed by atoms with van der Waals surface area (Å²) in [5, 5.41) is 15.2. The number of nitrogens with zero attached hydrogens (tertiary/aromatic N) is 3. The molecule has 4 rings (SSSR count). The molecule has 0 aromatic heterocycles. The number of nitrogens with one attached hydrogen (secondary N) is 2. The monoisotopic (exact) mass is 579 g/mol. The van der Waals surface area contributed by atoms with Crippen LogP contribution < -0.4 is 10.6 Å². The number of carbonyl (C=O) groups is 2. The highest BCUT2D eigenvalue weighted by molar-refractivity contribution is 5.90. The van der Waals surface area contributed by atoms with Crippen molar-refractivity contribution in [1.29, 1.82) is 5.26 Å². The fraction of sp³-hybridized carbons (Fsp3) is 0.531. The number of halogens is 1. The van der Waals surface area contributed by atoms with Gasteiger partial charge in [-0.15, -0.1) is 0 Å². The molecule has 2 aliphatic rings. The first-order chi connectivity index (χ1) is 20.0. The van der Waals surface area contributed by atoms with Gasteiger partial charge in [0.05, 0.1) is 6.07 Å². The Bertz CT molecular complexity index is 1270. The second kappa shape index (κ2) is 13.6. The van der Waals surface area contributed by atoms with E-state index in [2.05, 4.69) is 45.7 Å². The summed E-state index contributed by atoms with van der Waals surface area (Å²) in [5.74, 6) is -0.965. The molecule has 0 bridgehead atoms. The van der Waals surface area contributed by atoms with Crippen molar-refractivity contribution in [3.05, 3.63) is 59.4 Å². The molecule has 0 spiro atoms. The Balaban J connectivity index is 1.39. The van der Waals surface area contributed by atoms with Gasteiger partial charge in [0.15, 0.2) is 0 Å². The normalized spacial score (nSPS) is 18.5. The standard InChI is InChI=1S/C32H42FN5O4/c1-31(2,3)42-30(40)36-32(11-17-41-18-12-32)29(39)35-27(21-34)19-26-10-9-25(20-28(26)33)24-7-5-23(6-8-24)22-38-15-13-37(4)14-16-38/h5-10,20,27H,11-19,22H2,1-4H3,(H,35,39)(H,36,40). The van der Waals surface area contributed by atoms with Crippen molar-refractivity contribution in [1.82, 2.24) is 20.4 Å². The Labute approximate surface area is 248 Å². The number of alkyl carbamates (subject to hydrolysis) is 1. The molecular formula is C32H42FN5O4. The van der Waals surface area contributed by atoms with E-state index in [0.29, 0.717) is 5.56 Å². The average Bonchev–Trinajstić information content (AvgIpc) is 2.94. The van der Waals surface area contributed by atoms with E-state index >= 15 is 4.39 Å². The summed E-state index contributed by atoms with van der Waals surface area (Å²) in [7, 11) is 2.14. The van der Waals surface area contributed by atoms with Gasteiger partial charge in [-0.1, -0.05) is 36.4 Å². The molecular weight excluding hydrogens is 537 g/mol. The third kappa shape index (κ3) is 8.51. The van der Waals surface area contributed by atoms with Gasteiger partial charge in [-0.25, -0.2) is 9.18 Å². The molecule has 2 fully saturated rings. The van der Waals surface area contributed by atoms with E-state index in [0.717, 1.165) is 43.9 Å². The second-order valence-electron chi connectivity index (χ2n) is 12.3. The van der Waals surface area contributed by atoms with Gasteiger partial charge in [-0.2, -0.15) is 5.26 Å². The number of likely N-dealkylation sites (N-methyl/N-ethyl adjacent to an activating group) is 1. The highest BCUT2D eigenvalue weighted by atomic mass is 19.1. The minimum atomic E-state index is -1.28. The van der Waals surface area contributed by atoms with E-state index < -0.39 is 35.0 Å². The van der Waals surface area contributed by atoms with E-state index in [1.54, 1.807) is 26.8 Å². The quantitative estimate of drug-likeness (QED) is 0.489. The van der Waals surface area contributed by atoms with Gasteiger partial charge >= 0.3 is 6.09 Å². The number of hydrogen-bond acceptors (Lipinski definition) is 7. The lowest BCUT2D eigenvalue weighted by Crippen LogP contribution is -2.63. The van der Waals surface area contributed by atoms with Crippen LogP contribution in [-0.2, 0) is 27.2 Å². The summed E-state index contributed by atoms with van der Waals surface area (Å²) >= 11 is 0. The number of benzene rings is 2. The number of amides is 2. The Morgan fingerprint density at radius 1 is 1.07 bits per heavy atom. The first-order valence-electron chi connectivity index (χ1n) is 14.5. The third-order valence-corrected chi connectivity index (χ3v) is 7.75. The van der Waals surface area contributed by atoms with Gasteiger partial charge in [-0.05, 0) is 56.1 Å². The summed E-state index contributed by atoms with van der Waals surface area (Å²) < 4.78 is 26.0. The van der Waals surface area contributed by atoms with Crippen LogP contribution in [0.3, 0.4) is 0 Å². The Morgan fingerprint density at radius 3 is 2.31 bits per heavy atom. The summed E-state index contributed by atoms with van der Waals surface area (Å²) in [6.45, 7) is 10.9. The zero-order valence-electron chi connectivity index (χ0n) is 25.0. The molecule has 2 saturated heterocycles. The van der Waals surface area contributed by atoms with E-state index in [-0.39, 0.29) is 32.5 Å². The molecule has 10 heteroatoms. The molecule has 2 aromatic rings. The van der Waals surface area contributed by atoms with Gasteiger partial charge in [-0.3, -0.25) is 9.69 Å². The van der Waals surface area contributed by atoms with Gasteiger partial charge < -0.3 is 25.0 Å². The molecule has 2 amide bonds. The fourth-order valence-corrected chi connectivity index (χ4v) is 5.23. The third-order valence-electron chi connectivity index (χ3n) is 7.75. The predicted octanol–water partition coefficient (Wildman–Crippen LogP) is 3.86. The SMILES string of the molecule is CN1CCN(Cc2ccc(-c3ccc(CC(C#N)NC(=O)C4(NC(=O)OC(C)(C)C)CCOCC4)c(F)c3)cc2)CC1. The molecule has 226 valence electrons. The number of rotatable bonds is 8. The van der Waals surface area contributed by atoms with Gasteiger partial charge in [0.2, 0.25) is 5.91 Å². The van der Waals surface area contributed by atoms with Crippen LogP contribution in [0, 0.1) is 17.1 Å². The van der Waals surface area contributed by atoms with Crippen LogP contribution in [0.2, 0.25) is 0 Å². The van der Waals surface area contributed by atoms with Crippen LogP contribution in [0.1, 0.15) is 44.7 Å². The van der Waals surface area contributed by atoms with Crippen molar-refractivity contribution in [2.45, 2.75) is 63.8 Å². The summed E-state index contributed by atoms with van der Waals surface area (Å²) in [6.07, 6.45) is -0.278. The van der Waals surface area contributed by atoms with Crippen molar-refractivity contribution in [3.8, 4) is 17.2 Å². The maximum absolute atomic E-state index is 15.2. The van der Waals surface area contributed by atoms with Crippen LogP contribution in [0.15, 0.2) is 42.5 Å². The number of hydrogen-bond donors (Lipinski definition) is 2. The molecule has 0 radical (unpaired) electrons. The first-order valence-corrected chi connectivity index (χ1v) is 14.5. The number of ether oxygens (including phenoxy) is 2. The van der Waals surface area contributed by atoms with Gasteiger partial charge in [0.25, 0.3) is 0 Å². The topological polar surface area (TPSA) is 107 Å². The highest BCUT2D eigenvalue weighted by Gasteiger charge is 2.43. The lowest BCUT2D eigenvalue weighted by molar-refractivity contribution is -0.132. The molecule has 0 saturated carbocycles. The molecule has 9 nitrogen and oxygen atoms in total. The summed E-state index contributed by atoms with van der Waals surface area (Å²) in [6, 6.07) is 14.2. The summed E-state index contributed by atoms with van der Waals surface area (Å²) in [5.41, 5.74) is 1.16. The largest absolute Gasteiger partial charge is 0.444 e. The average molecular weight is 580 g/mol. The molecule has 2 N–H and O–H groups in total. The van der Waals surface area contributed by atoms with E-state index in [1.165, 1.54) is 11.6 Å². The van der Waals surface area contributed by atoms with Crippen molar-refractivity contribution in [3.63, 3.8) is 0 Å². The van der Waals surface area contributed by atoms with Gasteiger partial charge in [0.1, 0.15) is 23.0 Å². The smallest absolute Gasteiger partial charge is 0.408 e. The van der Waals surface area contributed by atoms with Crippen molar-refractivity contribution >= 4 is 12.0 Å². The van der Waals surface area contributed by atoms with Crippen molar-refractivity contribution in [2.75, 3.05) is 46.4 Å². The van der Waals surface area contributed by atoms with E-state index in [4.69, 9.17) is 9.47 Å². The van der Waals surface area contributed by atoms with Crippen molar-refractivity contribution < 1.29 is 23.5 Å². The van der Waals surface area contributed by atoms with Crippen LogP contribution in [-0.4, -0.2) is 85.4 Å². The van der Waals surface area contributed by atoms with Gasteiger partial charge in [0, 0.05) is 65.2 Å². The maximum atomic E-state index is 15.2. The maximum Gasteiger partial charge on any atom is 0.408 e. The molecule has 2 aliphatic heterocycles. The molecule has 2 heterocycles. The number of piperazine rings is 1. The van der Waals surface area contributed by atoms with Crippen molar-refractivity contribution in [2.24, 2.45) is 0 Å². The van der Waals surface area contributed by atoms with Crippen LogP contribution in [0.25, 0.3) is 11.1 Å². The molecule has 2 aromatic carbocycles.